The summed E-state index contributed by atoms with van der Waals surface area (Å²) in [5, 5.41) is 11.3. The highest BCUT2D eigenvalue weighted by molar-refractivity contribution is 6.08. The van der Waals surface area contributed by atoms with Gasteiger partial charge in [0.2, 0.25) is 11.8 Å². The van der Waals surface area contributed by atoms with E-state index in [-0.39, 0.29) is 11.5 Å². The van der Waals surface area contributed by atoms with E-state index in [1.807, 2.05) is 29.6 Å². The molecule has 1 aromatic carbocycles. The molecule has 3 saturated carbocycles. The molecule has 3 aromatic heterocycles. The highest BCUT2D eigenvalue weighted by Crippen LogP contribution is 2.75. The number of aryl methyl sites for hydroxylation is 1. The van der Waals surface area contributed by atoms with Crippen molar-refractivity contribution >= 4 is 27.7 Å². The van der Waals surface area contributed by atoms with Crippen molar-refractivity contribution < 1.29 is 14.6 Å². The van der Waals surface area contributed by atoms with Gasteiger partial charge in [-0.15, -0.1) is 0 Å². The second-order valence-corrected chi connectivity index (χ2v) is 12.6. The molecule has 2 bridgehead atoms. The maximum Gasteiger partial charge on any atom is 0.229 e. The smallest absolute Gasteiger partial charge is 0.229 e. The molecule has 7 nitrogen and oxygen atoms in total. The van der Waals surface area contributed by atoms with Crippen LogP contribution in [0.3, 0.4) is 0 Å². The number of fused-ring (bicyclic) bond motifs is 3. The van der Waals surface area contributed by atoms with E-state index in [4.69, 9.17) is 9.84 Å². The average molecular weight is 539 g/mol. The number of nitrogens with zero attached hydrogens (tertiary/aromatic N) is 4. The second-order valence-electron chi connectivity index (χ2n) is 12.6. The van der Waals surface area contributed by atoms with Gasteiger partial charge in [0.1, 0.15) is 6.10 Å². The Kier molecular flexibility index (Phi) is 6.30. The third kappa shape index (κ3) is 4.26. The third-order valence-corrected chi connectivity index (χ3v) is 9.76. The standard InChI is InChI=1S/C33H38N4O3/c1-36-28-11-13-34-17-27(28)26-9-7-23(15-29(26)36)24-8-10-30(35-16-24)40-25-18-37(19-25)31(39)33-20-32(21-33,22-33)12-5-3-2-4-6-14-38/h7-11,13,15-17,25,38H,2-6,12,14,18-22H2,1H3. The highest BCUT2D eigenvalue weighted by atomic mass is 16.5. The molecule has 1 N–H and O–H groups in total. The summed E-state index contributed by atoms with van der Waals surface area (Å²) in [5.74, 6) is 0.959. The molecule has 1 aliphatic heterocycles. The molecule has 0 unspecified atom stereocenters. The molecule has 4 fully saturated rings. The second kappa shape index (κ2) is 9.88. The Morgan fingerprint density at radius 3 is 2.50 bits per heavy atom. The molecule has 1 saturated heterocycles. The molecule has 1 amide bonds. The van der Waals surface area contributed by atoms with Crippen LogP contribution in [-0.4, -0.2) is 56.2 Å². The number of aromatic nitrogens is 3. The molecule has 0 spiro atoms. The largest absolute Gasteiger partial charge is 0.471 e. The fraction of sp³-hybridized carbons (Fsp3) is 0.485. The van der Waals surface area contributed by atoms with Gasteiger partial charge in [-0.3, -0.25) is 9.78 Å². The lowest BCUT2D eigenvalue weighted by Gasteiger charge is -2.71. The predicted molar refractivity (Wildman–Crippen MR) is 156 cm³/mol. The van der Waals surface area contributed by atoms with E-state index < -0.39 is 0 Å². The molecule has 4 aliphatic rings. The number of benzene rings is 1. The summed E-state index contributed by atoms with van der Waals surface area (Å²) in [6.45, 7) is 1.63. The van der Waals surface area contributed by atoms with Crippen LogP contribution in [0.5, 0.6) is 5.88 Å². The Morgan fingerprint density at radius 1 is 0.950 bits per heavy atom. The molecule has 0 radical (unpaired) electrons. The number of carbonyl (C=O) groups is 1. The maximum atomic E-state index is 13.2. The summed E-state index contributed by atoms with van der Waals surface area (Å²) >= 11 is 0. The number of aliphatic hydroxyl groups is 1. The van der Waals surface area contributed by atoms with Crippen LogP contribution in [-0.2, 0) is 11.8 Å². The number of ether oxygens (including phenoxy) is 1. The van der Waals surface area contributed by atoms with Crippen molar-refractivity contribution in [2.45, 2.75) is 63.9 Å². The van der Waals surface area contributed by atoms with Crippen LogP contribution in [0.25, 0.3) is 32.9 Å². The molecule has 0 atom stereocenters. The summed E-state index contributed by atoms with van der Waals surface area (Å²) in [4.78, 5) is 24.0. The van der Waals surface area contributed by atoms with E-state index in [0.717, 1.165) is 48.6 Å². The fourth-order valence-corrected chi connectivity index (χ4v) is 7.67. The van der Waals surface area contributed by atoms with Crippen LogP contribution >= 0.6 is 0 Å². The molecule has 208 valence electrons. The van der Waals surface area contributed by atoms with Crippen LogP contribution in [0.1, 0.15) is 57.8 Å². The monoisotopic (exact) mass is 538 g/mol. The van der Waals surface area contributed by atoms with Gasteiger partial charge in [-0.05, 0) is 61.3 Å². The van der Waals surface area contributed by atoms with Gasteiger partial charge in [-0.1, -0.05) is 37.8 Å². The van der Waals surface area contributed by atoms with Crippen molar-refractivity contribution in [2.24, 2.45) is 17.9 Å². The Labute approximate surface area is 235 Å². The number of hydrogen-bond acceptors (Lipinski definition) is 5. The van der Waals surface area contributed by atoms with Gasteiger partial charge >= 0.3 is 0 Å². The molecule has 8 rings (SSSR count). The lowest BCUT2D eigenvalue weighted by Crippen LogP contribution is -2.71. The number of likely N-dealkylation sites (tertiary alicyclic amines) is 1. The molecular formula is C33H38N4O3. The predicted octanol–water partition coefficient (Wildman–Crippen LogP) is 5.88. The number of hydrogen-bond donors (Lipinski definition) is 1. The zero-order chi connectivity index (χ0) is 27.3. The lowest BCUT2D eigenvalue weighted by molar-refractivity contribution is -0.224. The first kappa shape index (κ1) is 25.5. The van der Waals surface area contributed by atoms with Crippen molar-refractivity contribution in [1.82, 2.24) is 19.4 Å². The van der Waals surface area contributed by atoms with Crippen LogP contribution < -0.4 is 4.74 Å². The SMILES string of the molecule is Cn1c2ccncc2c2ccc(-c3ccc(OC4CN(C(=O)C56CC(CCCCCCCO)(C5)C6)C4)nc3)cc21. The first-order chi connectivity index (χ1) is 19.5. The Morgan fingerprint density at radius 2 is 1.73 bits per heavy atom. The highest BCUT2D eigenvalue weighted by Gasteiger charge is 2.71. The van der Waals surface area contributed by atoms with E-state index in [0.29, 0.717) is 36.9 Å². The van der Waals surface area contributed by atoms with Gasteiger partial charge in [0.05, 0.1) is 24.0 Å². The number of pyridine rings is 2. The minimum Gasteiger partial charge on any atom is -0.471 e. The molecule has 4 aromatic rings. The van der Waals surface area contributed by atoms with Gasteiger partial charge in [-0.25, -0.2) is 4.98 Å². The van der Waals surface area contributed by atoms with Crippen molar-refractivity contribution in [3.05, 3.63) is 55.0 Å². The van der Waals surface area contributed by atoms with E-state index >= 15 is 0 Å². The molecule has 3 aliphatic carbocycles. The van der Waals surface area contributed by atoms with Gasteiger partial charge in [0.15, 0.2) is 0 Å². The van der Waals surface area contributed by atoms with Crippen molar-refractivity contribution in [1.29, 1.82) is 0 Å². The zero-order valence-corrected chi connectivity index (χ0v) is 23.3. The van der Waals surface area contributed by atoms with E-state index in [1.54, 1.807) is 0 Å². The fourth-order valence-electron chi connectivity index (χ4n) is 7.67. The summed E-state index contributed by atoms with van der Waals surface area (Å²) in [6.07, 6.45) is 15.9. The van der Waals surface area contributed by atoms with Crippen molar-refractivity contribution in [3.8, 4) is 17.0 Å². The van der Waals surface area contributed by atoms with Crippen LogP contribution in [0.4, 0.5) is 0 Å². The number of carbonyl (C=O) groups excluding carboxylic acids is 1. The quantitative estimate of drug-likeness (QED) is 0.241. The Hall–Kier alpha value is -3.45. The van der Waals surface area contributed by atoms with Gasteiger partial charge < -0.3 is 19.3 Å². The molecule has 4 heterocycles. The van der Waals surface area contributed by atoms with E-state index in [9.17, 15) is 4.79 Å². The number of unbranched alkanes of at least 4 members (excludes halogenated alkanes) is 4. The number of amides is 1. The lowest BCUT2D eigenvalue weighted by atomic mass is 9.33. The summed E-state index contributed by atoms with van der Waals surface area (Å²) in [6, 6.07) is 12.5. The summed E-state index contributed by atoms with van der Waals surface area (Å²) < 4.78 is 8.32. The summed E-state index contributed by atoms with van der Waals surface area (Å²) in [7, 11) is 2.09. The maximum absolute atomic E-state index is 13.2. The van der Waals surface area contributed by atoms with Crippen molar-refractivity contribution in [2.75, 3.05) is 19.7 Å². The first-order valence-electron chi connectivity index (χ1n) is 14.8. The summed E-state index contributed by atoms with van der Waals surface area (Å²) in [5.41, 5.74) is 4.89. The topological polar surface area (TPSA) is 80.5 Å². The zero-order valence-electron chi connectivity index (χ0n) is 23.3. The molecule has 7 heteroatoms. The normalized spacial score (nSPS) is 23.6. The first-order valence-corrected chi connectivity index (χ1v) is 14.8. The average Bonchev–Trinajstić information content (AvgIpc) is 3.20. The molecular weight excluding hydrogens is 500 g/mol. The number of aliphatic hydroxyl groups excluding tert-OH is 1. The minimum absolute atomic E-state index is 0.0169. The van der Waals surface area contributed by atoms with Gasteiger partial charge in [-0.2, -0.15) is 0 Å². The van der Waals surface area contributed by atoms with Crippen LogP contribution in [0, 0.1) is 10.8 Å². The minimum atomic E-state index is -0.0659. The van der Waals surface area contributed by atoms with Crippen molar-refractivity contribution in [3.63, 3.8) is 0 Å². The Balaban J connectivity index is 0.897. The third-order valence-electron chi connectivity index (χ3n) is 9.76. The molecule has 40 heavy (non-hydrogen) atoms. The van der Waals surface area contributed by atoms with Crippen LogP contribution in [0.2, 0.25) is 0 Å². The van der Waals surface area contributed by atoms with E-state index in [1.165, 1.54) is 42.1 Å². The number of rotatable bonds is 11. The van der Waals surface area contributed by atoms with Crippen LogP contribution in [0.15, 0.2) is 55.0 Å². The van der Waals surface area contributed by atoms with Gasteiger partial charge in [0.25, 0.3) is 0 Å². The van der Waals surface area contributed by atoms with E-state index in [2.05, 4.69) is 51.9 Å². The van der Waals surface area contributed by atoms with Gasteiger partial charge in [0, 0.05) is 60.2 Å². The Bertz CT molecular complexity index is 1530.